The monoisotopic (exact) mass is 413 g/mol. The average molecular weight is 413 g/mol. The molecule has 2 aromatic carbocycles. The third-order valence-corrected chi connectivity index (χ3v) is 5.60. The molecule has 1 N–H and O–H groups in total. The molecule has 1 aliphatic rings. The van der Waals surface area contributed by atoms with Gasteiger partial charge in [-0.05, 0) is 67.6 Å². The largest absolute Gasteiger partial charge is 0.358 e. The minimum absolute atomic E-state index is 0.136. The number of hydrogen-bond acceptors (Lipinski definition) is 4. The normalized spacial score (nSPS) is 16.6. The van der Waals surface area contributed by atoms with Gasteiger partial charge in [0.25, 0.3) is 0 Å². The molecule has 1 aromatic heterocycles. The fourth-order valence-corrected chi connectivity index (χ4v) is 4.11. The maximum Gasteiger partial charge on any atom is 0.214 e. The van der Waals surface area contributed by atoms with Gasteiger partial charge in [0.1, 0.15) is 11.6 Å². The Morgan fingerprint density at radius 3 is 2.27 bits per heavy atom. The third kappa shape index (κ3) is 4.05. The molecule has 0 amide bonds. The minimum atomic E-state index is -0.286. The van der Waals surface area contributed by atoms with E-state index in [-0.39, 0.29) is 23.2 Å². The first kappa shape index (κ1) is 20.4. The van der Waals surface area contributed by atoms with Crippen LogP contribution >= 0.6 is 0 Å². The molecule has 0 bridgehead atoms. The molecule has 1 atom stereocenters. The fraction of sp³-hybridized carbons (Fsp3) is 0.409. The summed E-state index contributed by atoms with van der Waals surface area (Å²) in [6.07, 6.45) is 0. The van der Waals surface area contributed by atoms with Crippen molar-refractivity contribution in [3.05, 3.63) is 71.6 Å². The van der Waals surface area contributed by atoms with Gasteiger partial charge in [0.2, 0.25) is 5.82 Å². The highest BCUT2D eigenvalue weighted by Gasteiger charge is 2.36. The second kappa shape index (κ2) is 8.10. The van der Waals surface area contributed by atoms with Gasteiger partial charge in [0, 0.05) is 5.56 Å². The van der Waals surface area contributed by atoms with Gasteiger partial charge in [0.15, 0.2) is 6.04 Å². The topological polar surface area (TPSA) is 51.3 Å². The van der Waals surface area contributed by atoms with Crippen LogP contribution in [0.5, 0.6) is 0 Å². The van der Waals surface area contributed by atoms with Crippen LogP contribution in [0.1, 0.15) is 38.2 Å². The first-order valence-corrected chi connectivity index (χ1v) is 10.2. The van der Waals surface area contributed by atoms with Crippen LogP contribution in [0.2, 0.25) is 0 Å². The van der Waals surface area contributed by atoms with E-state index in [1.807, 2.05) is 16.8 Å². The number of nitrogens with zero attached hydrogens (tertiary/aromatic N) is 5. The summed E-state index contributed by atoms with van der Waals surface area (Å²) >= 11 is 0. The highest BCUT2D eigenvalue weighted by Crippen LogP contribution is 2.24. The molecular formula is C22H27F2N6+. The summed E-state index contributed by atoms with van der Waals surface area (Å²) in [6, 6.07) is 13.3. The van der Waals surface area contributed by atoms with Crippen molar-refractivity contribution in [2.24, 2.45) is 0 Å². The Labute approximate surface area is 175 Å². The Bertz CT molecular complexity index is 987. The third-order valence-electron chi connectivity index (χ3n) is 5.60. The Morgan fingerprint density at radius 1 is 0.967 bits per heavy atom. The van der Waals surface area contributed by atoms with Gasteiger partial charge in [-0.2, -0.15) is 0 Å². The van der Waals surface area contributed by atoms with E-state index in [4.69, 9.17) is 0 Å². The lowest BCUT2D eigenvalue weighted by Crippen LogP contribution is -3.15. The van der Waals surface area contributed by atoms with Gasteiger partial charge in [-0.15, -0.1) is 5.10 Å². The number of anilines is 1. The van der Waals surface area contributed by atoms with Crippen LogP contribution in [0.3, 0.4) is 0 Å². The molecule has 1 fully saturated rings. The first-order valence-electron chi connectivity index (χ1n) is 10.2. The van der Waals surface area contributed by atoms with E-state index in [9.17, 15) is 8.78 Å². The molecule has 2 heterocycles. The van der Waals surface area contributed by atoms with Gasteiger partial charge < -0.3 is 9.80 Å². The zero-order chi connectivity index (χ0) is 21.3. The number of halogens is 2. The summed E-state index contributed by atoms with van der Waals surface area (Å²) in [5.74, 6) is 0.281. The van der Waals surface area contributed by atoms with E-state index in [1.165, 1.54) is 23.1 Å². The maximum atomic E-state index is 14.2. The van der Waals surface area contributed by atoms with Gasteiger partial charge in [-0.1, -0.05) is 12.1 Å². The van der Waals surface area contributed by atoms with E-state index in [2.05, 4.69) is 41.2 Å². The lowest BCUT2D eigenvalue weighted by molar-refractivity contribution is -0.927. The van der Waals surface area contributed by atoms with Crippen molar-refractivity contribution in [2.45, 2.75) is 32.4 Å². The number of tetrazole rings is 1. The summed E-state index contributed by atoms with van der Waals surface area (Å²) in [5, 5.41) is 12.5. The molecule has 0 aliphatic carbocycles. The van der Waals surface area contributed by atoms with Crippen LogP contribution in [0.4, 0.5) is 14.5 Å². The van der Waals surface area contributed by atoms with Crippen molar-refractivity contribution in [1.29, 1.82) is 0 Å². The quantitative estimate of drug-likeness (QED) is 0.713. The van der Waals surface area contributed by atoms with Crippen molar-refractivity contribution < 1.29 is 13.7 Å². The molecule has 30 heavy (non-hydrogen) atoms. The fourth-order valence-electron chi connectivity index (χ4n) is 4.11. The molecule has 3 aromatic rings. The average Bonchev–Trinajstić information content (AvgIpc) is 3.21. The predicted molar refractivity (Wildman–Crippen MR) is 110 cm³/mol. The Hall–Kier alpha value is -2.87. The number of hydrogen-bond donors (Lipinski definition) is 1. The van der Waals surface area contributed by atoms with Crippen molar-refractivity contribution in [3.8, 4) is 0 Å². The number of aromatic nitrogens is 4. The smallest absolute Gasteiger partial charge is 0.214 e. The zero-order valence-corrected chi connectivity index (χ0v) is 17.5. The van der Waals surface area contributed by atoms with Crippen molar-refractivity contribution in [3.63, 3.8) is 0 Å². The zero-order valence-electron chi connectivity index (χ0n) is 17.5. The molecule has 158 valence electrons. The highest BCUT2D eigenvalue weighted by molar-refractivity contribution is 5.47. The summed E-state index contributed by atoms with van der Waals surface area (Å²) in [6.45, 7) is 9.16. The molecule has 0 unspecified atom stereocenters. The van der Waals surface area contributed by atoms with E-state index in [1.54, 1.807) is 18.2 Å². The Morgan fingerprint density at radius 2 is 1.63 bits per heavy atom. The molecule has 1 saturated heterocycles. The van der Waals surface area contributed by atoms with E-state index < -0.39 is 0 Å². The standard InChI is InChI=1S/C22H26F2N6/c1-22(2,3)30-21(25-26-27-30)20(16-8-10-17(23)11-9-16)29-14-12-28(13-15-29)19-7-5-4-6-18(19)24/h4-11,20H,12-15H2,1-3H3/p+1/t20-/m0/s1. The van der Waals surface area contributed by atoms with E-state index in [0.29, 0.717) is 18.8 Å². The summed E-state index contributed by atoms with van der Waals surface area (Å²) in [7, 11) is 0. The molecule has 0 spiro atoms. The summed E-state index contributed by atoms with van der Waals surface area (Å²) in [5.41, 5.74) is 1.31. The lowest BCUT2D eigenvalue weighted by atomic mass is 10.0. The van der Waals surface area contributed by atoms with E-state index in [0.717, 1.165) is 24.5 Å². The van der Waals surface area contributed by atoms with Crippen LogP contribution in [0.15, 0.2) is 48.5 Å². The van der Waals surface area contributed by atoms with Crippen molar-refractivity contribution in [2.75, 3.05) is 31.1 Å². The second-order valence-electron chi connectivity index (χ2n) is 8.70. The number of quaternary nitrogens is 1. The highest BCUT2D eigenvalue weighted by atomic mass is 19.1. The Kier molecular flexibility index (Phi) is 5.51. The predicted octanol–water partition coefficient (Wildman–Crippen LogP) is 2.20. The van der Waals surface area contributed by atoms with Gasteiger partial charge in [-0.3, -0.25) is 0 Å². The van der Waals surface area contributed by atoms with Crippen LogP contribution in [-0.2, 0) is 5.54 Å². The molecule has 1 aliphatic heterocycles. The number of piperazine rings is 1. The second-order valence-corrected chi connectivity index (χ2v) is 8.70. The molecule has 0 radical (unpaired) electrons. The van der Waals surface area contributed by atoms with Crippen molar-refractivity contribution >= 4 is 5.69 Å². The van der Waals surface area contributed by atoms with Crippen LogP contribution in [-0.4, -0.2) is 46.4 Å². The first-order chi connectivity index (χ1) is 14.3. The molecule has 6 nitrogen and oxygen atoms in total. The van der Waals surface area contributed by atoms with Crippen LogP contribution in [0.25, 0.3) is 0 Å². The van der Waals surface area contributed by atoms with Gasteiger partial charge in [-0.25, -0.2) is 13.5 Å². The van der Waals surface area contributed by atoms with Crippen LogP contribution < -0.4 is 9.80 Å². The molecule has 0 saturated carbocycles. The number of nitrogens with one attached hydrogen (secondary N) is 1. The molecular weight excluding hydrogens is 386 g/mol. The number of benzene rings is 2. The lowest BCUT2D eigenvalue weighted by Gasteiger charge is -2.37. The number of rotatable bonds is 4. The maximum absolute atomic E-state index is 14.2. The molecule has 4 rings (SSSR count). The SMILES string of the molecule is CC(C)(C)n1nnnc1[C@H](c1ccc(F)cc1)[NH+]1CCN(c2ccccc2F)CC1. The minimum Gasteiger partial charge on any atom is -0.358 e. The Balaban J connectivity index is 1.64. The number of para-hydroxylation sites is 1. The van der Waals surface area contributed by atoms with Crippen molar-refractivity contribution in [1.82, 2.24) is 20.2 Å². The van der Waals surface area contributed by atoms with E-state index >= 15 is 0 Å². The van der Waals surface area contributed by atoms with Gasteiger partial charge >= 0.3 is 0 Å². The van der Waals surface area contributed by atoms with Crippen LogP contribution in [0, 0.1) is 11.6 Å². The summed E-state index contributed by atoms with van der Waals surface area (Å²) in [4.78, 5) is 3.35. The molecule has 8 heteroatoms. The van der Waals surface area contributed by atoms with Gasteiger partial charge in [0.05, 0.1) is 37.4 Å². The summed E-state index contributed by atoms with van der Waals surface area (Å²) < 4.78 is 29.7.